The Kier molecular flexibility index (Phi) is 3.90. The van der Waals surface area contributed by atoms with Crippen molar-refractivity contribution in [1.29, 1.82) is 0 Å². The molecule has 6 heteroatoms. The van der Waals surface area contributed by atoms with Gasteiger partial charge in [-0.2, -0.15) is 4.37 Å². The smallest absolute Gasteiger partial charge is 0.285 e. The highest BCUT2D eigenvalue weighted by atomic mass is 32.2. The molecule has 2 aromatic heterocycles. The van der Waals surface area contributed by atoms with E-state index in [1.807, 2.05) is 36.7 Å². The Morgan fingerprint density at radius 3 is 2.81 bits per heavy atom. The standard InChI is InChI=1S/C15H13N3OS2/c1-18(2)15(19)20-12-6-5-11-9-17-21-14(11)13(12)10-4-3-7-16-8-10/h3-9H,1-2H3. The number of thioether (sulfide) groups is 1. The van der Waals surface area contributed by atoms with Crippen molar-refractivity contribution in [1.82, 2.24) is 14.3 Å². The van der Waals surface area contributed by atoms with Gasteiger partial charge in [0.25, 0.3) is 5.24 Å². The van der Waals surface area contributed by atoms with E-state index in [0.717, 1.165) is 26.1 Å². The quantitative estimate of drug-likeness (QED) is 0.667. The predicted molar refractivity (Wildman–Crippen MR) is 87.8 cm³/mol. The van der Waals surface area contributed by atoms with Crippen LogP contribution in [0.3, 0.4) is 0 Å². The molecule has 0 unspecified atom stereocenters. The Balaban J connectivity index is 2.18. The molecule has 0 aliphatic carbocycles. The van der Waals surface area contributed by atoms with Crippen molar-refractivity contribution in [2.45, 2.75) is 4.90 Å². The molecule has 4 nitrogen and oxygen atoms in total. The highest BCUT2D eigenvalue weighted by Crippen LogP contribution is 2.39. The lowest BCUT2D eigenvalue weighted by molar-refractivity contribution is 0.241. The van der Waals surface area contributed by atoms with Crippen molar-refractivity contribution in [2.24, 2.45) is 0 Å². The summed E-state index contributed by atoms with van der Waals surface area (Å²) in [5.41, 5.74) is 2.03. The molecular weight excluding hydrogens is 302 g/mol. The summed E-state index contributed by atoms with van der Waals surface area (Å²) < 4.78 is 5.34. The molecule has 0 spiro atoms. The van der Waals surface area contributed by atoms with Crippen LogP contribution in [0.5, 0.6) is 0 Å². The Morgan fingerprint density at radius 1 is 1.24 bits per heavy atom. The Labute approximate surface area is 131 Å². The number of rotatable bonds is 2. The van der Waals surface area contributed by atoms with E-state index in [1.165, 1.54) is 23.3 Å². The van der Waals surface area contributed by atoms with Gasteiger partial charge < -0.3 is 4.90 Å². The first-order valence-corrected chi connectivity index (χ1v) is 7.92. The normalized spacial score (nSPS) is 10.8. The molecule has 0 radical (unpaired) electrons. The maximum atomic E-state index is 12.0. The van der Waals surface area contributed by atoms with E-state index < -0.39 is 0 Å². The highest BCUT2D eigenvalue weighted by Gasteiger charge is 2.16. The summed E-state index contributed by atoms with van der Waals surface area (Å²) in [7, 11) is 3.51. The van der Waals surface area contributed by atoms with Crippen molar-refractivity contribution in [2.75, 3.05) is 14.1 Å². The number of hydrogen-bond acceptors (Lipinski definition) is 5. The van der Waals surface area contributed by atoms with E-state index in [4.69, 9.17) is 0 Å². The number of carbonyl (C=O) groups is 1. The van der Waals surface area contributed by atoms with Crippen LogP contribution in [0.15, 0.2) is 47.8 Å². The van der Waals surface area contributed by atoms with Gasteiger partial charge in [-0.05, 0) is 35.4 Å². The lowest BCUT2D eigenvalue weighted by Crippen LogP contribution is -2.16. The fourth-order valence-electron chi connectivity index (χ4n) is 1.97. The molecule has 0 atom stereocenters. The summed E-state index contributed by atoms with van der Waals surface area (Å²) >= 11 is 2.67. The summed E-state index contributed by atoms with van der Waals surface area (Å²) in [5.74, 6) is 0. The predicted octanol–water partition coefficient (Wildman–Crippen LogP) is 4.13. The van der Waals surface area contributed by atoms with Crippen LogP contribution in [0.1, 0.15) is 0 Å². The zero-order valence-corrected chi connectivity index (χ0v) is 13.2. The van der Waals surface area contributed by atoms with Gasteiger partial charge in [-0.3, -0.25) is 9.78 Å². The maximum absolute atomic E-state index is 12.0. The van der Waals surface area contributed by atoms with E-state index in [2.05, 4.69) is 9.36 Å². The van der Waals surface area contributed by atoms with Gasteiger partial charge in [0.2, 0.25) is 0 Å². The van der Waals surface area contributed by atoms with Crippen molar-refractivity contribution in [3.05, 3.63) is 42.9 Å². The molecule has 0 saturated heterocycles. The largest absolute Gasteiger partial charge is 0.339 e. The first-order valence-electron chi connectivity index (χ1n) is 6.34. The summed E-state index contributed by atoms with van der Waals surface area (Å²) in [6.45, 7) is 0. The lowest BCUT2D eigenvalue weighted by Gasteiger charge is -2.13. The highest BCUT2D eigenvalue weighted by molar-refractivity contribution is 8.13. The first kappa shape index (κ1) is 14.0. The maximum Gasteiger partial charge on any atom is 0.285 e. The molecule has 3 aromatic rings. The van der Waals surface area contributed by atoms with Gasteiger partial charge in [0.15, 0.2) is 0 Å². The molecule has 0 bridgehead atoms. The van der Waals surface area contributed by atoms with Gasteiger partial charge in [0.05, 0.1) is 4.70 Å². The van der Waals surface area contributed by atoms with Gasteiger partial charge in [0, 0.05) is 54.1 Å². The molecule has 2 heterocycles. The van der Waals surface area contributed by atoms with E-state index in [9.17, 15) is 4.79 Å². The molecule has 0 aliphatic heterocycles. The number of pyridine rings is 1. The van der Waals surface area contributed by atoms with Gasteiger partial charge in [-0.25, -0.2) is 0 Å². The topological polar surface area (TPSA) is 46.1 Å². The van der Waals surface area contributed by atoms with E-state index >= 15 is 0 Å². The van der Waals surface area contributed by atoms with Gasteiger partial charge in [-0.1, -0.05) is 12.1 Å². The van der Waals surface area contributed by atoms with E-state index in [1.54, 1.807) is 25.2 Å². The third-order valence-electron chi connectivity index (χ3n) is 3.00. The van der Waals surface area contributed by atoms with Crippen molar-refractivity contribution < 1.29 is 4.79 Å². The molecule has 0 N–H and O–H groups in total. The van der Waals surface area contributed by atoms with Crippen LogP contribution in [0.4, 0.5) is 4.79 Å². The molecule has 0 fully saturated rings. The average Bonchev–Trinajstić information content (AvgIpc) is 2.96. The second kappa shape index (κ2) is 5.83. The van der Waals surface area contributed by atoms with Gasteiger partial charge >= 0.3 is 0 Å². The summed E-state index contributed by atoms with van der Waals surface area (Å²) in [4.78, 5) is 18.7. The number of benzene rings is 1. The molecule has 106 valence electrons. The Bertz CT molecular complexity index is 784. The number of aromatic nitrogens is 2. The van der Waals surface area contributed by atoms with Crippen LogP contribution in [0.2, 0.25) is 0 Å². The van der Waals surface area contributed by atoms with Crippen LogP contribution in [0, 0.1) is 0 Å². The van der Waals surface area contributed by atoms with Gasteiger partial charge in [-0.15, -0.1) is 0 Å². The SMILES string of the molecule is CN(C)C(=O)Sc1ccc2cnsc2c1-c1cccnc1. The number of nitrogens with zero attached hydrogens (tertiary/aromatic N) is 3. The number of hydrogen-bond donors (Lipinski definition) is 0. The second-order valence-electron chi connectivity index (χ2n) is 4.69. The minimum Gasteiger partial charge on any atom is -0.339 e. The molecule has 0 aliphatic rings. The summed E-state index contributed by atoms with van der Waals surface area (Å²) in [5, 5.41) is 1.09. The van der Waals surface area contributed by atoms with Crippen LogP contribution < -0.4 is 0 Å². The molecule has 1 aromatic carbocycles. The third kappa shape index (κ3) is 2.77. The molecular formula is C15H13N3OS2. The summed E-state index contributed by atoms with van der Waals surface area (Å²) in [6.07, 6.45) is 5.41. The number of fused-ring (bicyclic) bond motifs is 1. The van der Waals surface area contributed by atoms with Crippen molar-refractivity contribution in [3.63, 3.8) is 0 Å². The van der Waals surface area contributed by atoms with Crippen LogP contribution in [0.25, 0.3) is 21.2 Å². The zero-order chi connectivity index (χ0) is 14.8. The summed E-state index contributed by atoms with van der Waals surface area (Å²) in [6, 6.07) is 7.89. The minimum absolute atomic E-state index is 0.00371. The van der Waals surface area contributed by atoms with Crippen LogP contribution in [-0.2, 0) is 0 Å². The van der Waals surface area contributed by atoms with E-state index in [-0.39, 0.29) is 5.24 Å². The van der Waals surface area contributed by atoms with Gasteiger partial charge in [0.1, 0.15) is 0 Å². The van der Waals surface area contributed by atoms with Crippen LogP contribution >= 0.6 is 23.3 Å². The fraction of sp³-hybridized carbons (Fsp3) is 0.133. The van der Waals surface area contributed by atoms with Crippen LogP contribution in [-0.4, -0.2) is 33.6 Å². The first-order chi connectivity index (χ1) is 10.2. The molecule has 21 heavy (non-hydrogen) atoms. The molecule has 3 rings (SSSR count). The number of carbonyl (C=O) groups excluding carboxylic acids is 1. The monoisotopic (exact) mass is 315 g/mol. The number of amides is 1. The molecule has 0 saturated carbocycles. The van der Waals surface area contributed by atoms with Crippen molar-refractivity contribution >= 4 is 38.6 Å². The average molecular weight is 315 g/mol. The fourth-order valence-corrected chi connectivity index (χ4v) is 3.68. The minimum atomic E-state index is 0.00371. The second-order valence-corrected chi connectivity index (χ2v) is 6.48. The Morgan fingerprint density at radius 2 is 2.10 bits per heavy atom. The molecule has 1 amide bonds. The lowest BCUT2D eigenvalue weighted by atomic mass is 10.1. The van der Waals surface area contributed by atoms with Crippen molar-refractivity contribution in [3.8, 4) is 11.1 Å². The third-order valence-corrected chi connectivity index (χ3v) is 4.93. The van der Waals surface area contributed by atoms with E-state index in [0.29, 0.717) is 0 Å². The Hall–Kier alpha value is -1.92. The zero-order valence-electron chi connectivity index (χ0n) is 11.6.